The van der Waals surface area contributed by atoms with Gasteiger partial charge in [-0.15, -0.1) is 0 Å². The van der Waals surface area contributed by atoms with E-state index in [0.29, 0.717) is 11.4 Å². The van der Waals surface area contributed by atoms with Crippen molar-refractivity contribution >= 4 is 38.1 Å². The van der Waals surface area contributed by atoms with E-state index in [0.717, 1.165) is 27.5 Å². The minimum atomic E-state index is -3.96. The van der Waals surface area contributed by atoms with Crippen molar-refractivity contribution in [2.24, 2.45) is 0 Å². The highest BCUT2D eigenvalue weighted by molar-refractivity contribution is 7.92. The minimum absolute atomic E-state index is 0.143. The van der Waals surface area contributed by atoms with Crippen LogP contribution in [0.1, 0.15) is 16.7 Å². The molecule has 4 aromatic rings. The van der Waals surface area contributed by atoms with E-state index in [-0.39, 0.29) is 11.4 Å². The molecule has 168 valence electrons. The van der Waals surface area contributed by atoms with E-state index < -0.39 is 15.9 Å². The number of anilines is 2. The second-order valence-corrected chi connectivity index (χ2v) is 10.0. The number of rotatable bonds is 6. The molecule has 0 aliphatic rings. The predicted octanol–water partition coefficient (Wildman–Crippen LogP) is 5.60. The van der Waals surface area contributed by atoms with Crippen LogP contribution < -0.4 is 9.62 Å². The molecule has 0 bridgehead atoms. The van der Waals surface area contributed by atoms with E-state index in [1.807, 2.05) is 69.3 Å². The van der Waals surface area contributed by atoms with Gasteiger partial charge in [-0.25, -0.2) is 8.42 Å². The van der Waals surface area contributed by atoms with Crippen LogP contribution in [0.4, 0.5) is 11.4 Å². The molecule has 4 rings (SSSR count). The van der Waals surface area contributed by atoms with Crippen LogP contribution in [0.2, 0.25) is 0 Å². The summed E-state index contributed by atoms with van der Waals surface area (Å²) >= 11 is 0. The van der Waals surface area contributed by atoms with E-state index in [1.54, 1.807) is 36.4 Å². The van der Waals surface area contributed by atoms with E-state index in [2.05, 4.69) is 5.32 Å². The fraction of sp³-hybridized carbons (Fsp3) is 0.148. The number of hydrogen-bond donors (Lipinski definition) is 1. The molecule has 0 heterocycles. The van der Waals surface area contributed by atoms with E-state index in [9.17, 15) is 13.2 Å². The third kappa shape index (κ3) is 4.76. The van der Waals surface area contributed by atoms with Crippen LogP contribution in [0, 0.1) is 20.8 Å². The summed E-state index contributed by atoms with van der Waals surface area (Å²) in [5, 5.41) is 4.79. The lowest BCUT2D eigenvalue weighted by Crippen LogP contribution is -2.38. The Morgan fingerprint density at radius 3 is 2.24 bits per heavy atom. The Hall–Kier alpha value is -3.64. The van der Waals surface area contributed by atoms with Crippen LogP contribution in [-0.2, 0) is 14.8 Å². The largest absolute Gasteiger partial charge is 0.324 e. The smallest absolute Gasteiger partial charge is 0.264 e. The van der Waals surface area contributed by atoms with Crippen molar-refractivity contribution in [3.63, 3.8) is 0 Å². The van der Waals surface area contributed by atoms with Crippen molar-refractivity contribution in [2.75, 3.05) is 16.2 Å². The normalized spacial score (nSPS) is 11.4. The molecule has 0 spiro atoms. The zero-order valence-corrected chi connectivity index (χ0v) is 19.7. The molecule has 0 saturated heterocycles. The second kappa shape index (κ2) is 9.08. The van der Waals surface area contributed by atoms with Gasteiger partial charge in [0.1, 0.15) is 6.54 Å². The maximum absolute atomic E-state index is 13.6. The lowest BCUT2D eigenvalue weighted by molar-refractivity contribution is -0.114. The minimum Gasteiger partial charge on any atom is -0.324 e. The molecule has 0 aliphatic heterocycles. The van der Waals surface area contributed by atoms with Gasteiger partial charge >= 0.3 is 0 Å². The summed E-state index contributed by atoms with van der Waals surface area (Å²) in [6.07, 6.45) is 0. The summed E-state index contributed by atoms with van der Waals surface area (Å²) in [6.45, 7) is 5.44. The van der Waals surface area contributed by atoms with Gasteiger partial charge in [-0.3, -0.25) is 9.10 Å². The van der Waals surface area contributed by atoms with Crippen molar-refractivity contribution in [3.05, 3.63) is 102 Å². The lowest BCUT2D eigenvalue weighted by Gasteiger charge is -2.25. The molecule has 33 heavy (non-hydrogen) atoms. The molecule has 0 aliphatic carbocycles. The van der Waals surface area contributed by atoms with Crippen molar-refractivity contribution in [2.45, 2.75) is 25.7 Å². The molecule has 0 unspecified atom stereocenters. The van der Waals surface area contributed by atoms with Gasteiger partial charge in [0.2, 0.25) is 5.91 Å². The van der Waals surface area contributed by atoms with Gasteiger partial charge in [0.25, 0.3) is 10.0 Å². The fourth-order valence-electron chi connectivity index (χ4n) is 3.69. The van der Waals surface area contributed by atoms with Crippen molar-refractivity contribution < 1.29 is 13.2 Å². The summed E-state index contributed by atoms with van der Waals surface area (Å²) in [4.78, 5) is 13.2. The Kier molecular flexibility index (Phi) is 6.20. The van der Waals surface area contributed by atoms with Crippen molar-refractivity contribution in [1.29, 1.82) is 0 Å². The highest BCUT2D eigenvalue weighted by Crippen LogP contribution is 2.27. The summed E-state index contributed by atoms with van der Waals surface area (Å²) in [5.74, 6) is -0.416. The number of hydrogen-bond acceptors (Lipinski definition) is 3. The molecule has 1 amide bonds. The molecule has 0 radical (unpaired) electrons. The zero-order valence-electron chi connectivity index (χ0n) is 18.9. The molecule has 5 nitrogen and oxygen atoms in total. The molecule has 0 aromatic heterocycles. The van der Waals surface area contributed by atoms with E-state index >= 15 is 0 Å². The van der Waals surface area contributed by atoms with Gasteiger partial charge in [-0.1, -0.05) is 60.2 Å². The summed E-state index contributed by atoms with van der Waals surface area (Å²) < 4.78 is 28.3. The molecule has 0 fully saturated rings. The molecule has 0 saturated carbocycles. The third-order valence-electron chi connectivity index (χ3n) is 5.74. The average Bonchev–Trinajstić information content (AvgIpc) is 2.80. The van der Waals surface area contributed by atoms with Crippen molar-refractivity contribution in [3.8, 4) is 0 Å². The first kappa shape index (κ1) is 22.6. The monoisotopic (exact) mass is 458 g/mol. The first-order valence-corrected chi connectivity index (χ1v) is 12.1. The highest BCUT2D eigenvalue weighted by atomic mass is 32.2. The number of nitrogens with one attached hydrogen (secondary N) is 1. The molecular formula is C27H26N2O3S. The Labute approximate surface area is 194 Å². The number of aryl methyl sites for hydroxylation is 3. The molecule has 1 N–H and O–H groups in total. The Morgan fingerprint density at radius 2 is 1.52 bits per heavy atom. The maximum atomic E-state index is 13.6. The van der Waals surface area contributed by atoms with Crippen LogP contribution >= 0.6 is 0 Å². The van der Waals surface area contributed by atoms with Gasteiger partial charge < -0.3 is 5.32 Å². The summed E-state index contributed by atoms with van der Waals surface area (Å²) in [7, 11) is -3.96. The maximum Gasteiger partial charge on any atom is 0.264 e. The molecule has 4 aromatic carbocycles. The van der Waals surface area contributed by atoms with Gasteiger partial charge in [0, 0.05) is 11.1 Å². The number of fused-ring (bicyclic) bond motifs is 1. The van der Waals surface area contributed by atoms with Crippen LogP contribution in [0.25, 0.3) is 10.8 Å². The third-order valence-corrected chi connectivity index (χ3v) is 7.53. The summed E-state index contributed by atoms with van der Waals surface area (Å²) in [6, 6.07) is 25.4. The number of nitrogens with zero attached hydrogens (tertiary/aromatic N) is 1. The SMILES string of the molecule is Cc1ccc(S(=O)(=O)N(CC(=O)Nc2cccc3ccccc23)c2ccc(C)c(C)c2)cc1. The predicted molar refractivity (Wildman–Crippen MR) is 134 cm³/mol. The van der Waals surface area contributed by atoms with Crippen molar-refractivity contribution in [1.82, 2.24) is 0 Å². The Balaban J connectivity index is 1.70. The number of sulfonamides is 1. The van der Waals surface area contributed by atoms with Crippen LogP contribution in [-0.4, -0.2) is 20.9 Å². The van der Waals surface area contributed by atoms with Crippen LogP contribution in [0.15, 0.2) is 89.8 Å². The van der Waals surface area contributed by atoms with Gasteiger partial charge in [-0.05, 0) is 67.6 Å². The first-order chi connectivity index (χ1) is 15.8. The van der Waals surface area contributed by atoms with Gasteiger partial charge in [0.05, 0.1) is 10.6 Å². The summed E-state index contributed by atoms with van der Waals surface area (Å²) in [5.41, 5.74) is 4.05. The van der Waals surface area contributed by atoms with Gasteiger partial charge in [0.15, 0.2) is 0 Å². The lowest BCUT2D eigenvalue weighted by atomic mass is 10.1. The molecule has 0 atom stereocenters. The Bertz CT molecular complexity index is 1420. The number of amides is 1. The average molecular weight is 459 g/mol. The standard InChI is InChI=1S/C27H26N2O3S/c1-19-11-15-24(16-12-19)33(31,32)29(23-14-13-20(2)21(3)17-23)18-27(30)28-26-10-6-8-22-7-4-5-9-25(22)26/h4-17H,18H2,1-3H3,(H,28,30). The number of carbonyl (C=O) groups excluding carboxylic acids is 1. The van der Waals surface area contributed by atoms with Crippen LogP contribution in [0.3, 0.4) is 0 Å². The topological polar surface area (TPSA) is 66.5 Å². The Morgan fingerprint density at radius 1 is 0.818 bits per heavy atom. The number of carbonyl (C=O) groups is 1. The first-order valence-electron chi connectivity index (χ1n) is 10.7. The van der Waals surface area contributed by atoms with Gasteiger partial charge in [-0.2, -0.15) is 0 Å². The van der Waals surface area contributed by atoms with E-state index in [4.69, 9.17) is 0 Å². The molecule has 6 heteroatoms. The quantitative estimate of drug-likeness (QED) is 0.409. The van der Waals surface area contributed by atoms with E-state index in [1.165, 1.54) is 4.31 Å². The molecular weight excluding hydrogens is 432 g/mol. The second-order valence-electron chi connectivity index (χ2n) is 8.17. The fourth-order valence-corrected chi connectivity index (χ4v) is 5.10. The zero-order chi connectivity index (χ0) is 23.6. The number of benzene rings is 4. The highest BCUT2D eigenvalue weighted by Gasteiger charge is 2.27. The van der Waals surface area contributed by atoms with Crippen LogP contribution in [0.5, 0.6) is 0 Å².